The first-order valence-electron chi connectivity index (χ1n) is 18.4. The number of fused-ring (bicyclic) bond motifs is 5. The second-order valence-corrected chi connectivity index (χ2v) is 30.7. The Morgan fingerprint density at radius 1 is 0.846 bits per heavy atom. The molecule has 3 unspecified atom stereocenters. The largest absolute Gasteiger partial charge is 0.348 e. The first-order chi connectivity index (χ1) is 23.8. The van der Waals surface area contributed by atoms with Crippen LogP contribution in [-0.2, 0) is 109 Å². The lowest BCUT2D eigenvalue weighted by Gasteiger charge is -2.63. The Kier molecular flexibility index (Phi) is 15.6. The van der Waals surface area contributed by atoms with Crippen molar-refractivity contribution in [2.45, 2.75) is 131 Å². The molecule has 0 spiro atoms. The molecule has 4 fully saturated rings. The topological polar surface area (TPSA) is 143 Å². The number of hydrogen-bond acceptors (Lipinski definition) is 11. The van der Waals surface area contributed by atoms with Crippen molar-refractivity contribution in [3.63, 3.8) is 0 Å². The Balaban J connectivity index is 0.000000666. The fourth-order valence-corrected chi connectivity index (χ4v) is 14.1. The second-order valence-electron chi connectivity index (χ2n) is 17.5. The van der Waals surface area contributed by atoms with Crippen molar-refractivity contribution in [2.75, 3.05) is 6.54 Å². The number of nitrogens with two attached hydrogens (primary N) is 1. The van der Waals surface area contributed by atoms with Gasteiger partial charge < -0.3 is 24.4 Å². The van der Waals surface area contributed by atoms with Crippen LogP contribution in [0.25, 0.3) is 0 Å². The van der Waals surface area contributed by atoms with Crippen molar-refractivity contribution in [2.24, 2.45) is 63.4 Å². The summed E-state index contributed by atoms with van der Waals surface area (Å²) >= 11 is 30.8. The zero-order valence-electron chi connectivity index (χ0n) is 31.5. The highest BCUT2D eigenvalue weighted by Gasteiger charge is 2.64. The highest BCUT2D eigenvalue weighted by molar-refractivity contribution is 8.52. The Morgan fingerprint density at radius 2 is 1.42 bits per heavy atom. The average molecular weight is 896 g/mol. The molecule has 0 saturated heterocycles. The molecule has 1 heterocycles. The summed E-state index contributed by atoms with van der Waals surface area (Å²) in [5.74, 6) is 3.17. The molecule has 0 amide bonds. The van der Waals surface area contributed by atoms with Crippen LogP contribution < -0.4 is 5.73 Å². The highest BCUT2D eigenvalue weighted by atomic mass is 33.1. The number of rotatable bonds is 12. The summed E-state index contributed by atoms with van der Waals surface area (Å²) in [5, 5.41) is 0. The third-order valence-corrected chi connectivity index (χ3v) is 16.5. The molecule has 5 rings (SSSR count). The minimum absolute atomic E-state index is 0.0945. The summed E-state index contributed by atoms with van der Waals surface area (Å²) < 4.78 is 49.3. The van der Waals surface area contributed by atoms with Gasteiger partial charge in [0.1, 0.15) is 35.3 Å². The van der Waals surface area contributed by atoms with Crippen LogP contribution in [0.5, 0.6) is 0 Å². The van der Waals surface area contributed by atoms with Gasteiger partial charge in [0.15, 0.2) is 0 Å². The van der Waals surface area contributed by atoms with Crippen LogP contribution in [0.3, 0.4) is 0 Å². The lowest BCUT2D eigenvalue weighted by atomic mass is 9.43. The van der Waals surface area contributed by atoms with E-state index in [-0.39, 0.29) is 22.9 Å². The number of imidazole rings is 1. The molecule has 52 heavy (non-hydrogen) atoms. The SMILES string of the molecule is CC(CCC(C)C(C)(C)C)[C@@H]1CC[C@H]2C3C[C@H](OS(O)(=S)=S)[C@H]4C[C@H](OS(O)(=S)=S)[C@@H](OS(O)(=S)=S)C[C@]4(C)[C@H]3CC[C@]12C.NCCc1cnc[nH]1. The van der Waals surface area contributed by atoms with Gasteiger partial charge in [-0.3, -0.25) is 12.5 Å². The van der Waals surface area contributed by atoms with Gasteiger partial charge in [0.25, 0.3) is 0 Å². The maximum absolute atomic E-state index is 10.6. The van der Waals surface area contributed by atoms with Gasteiger partial charge in [-0.1, -0.05) is 54.9 Å². The van der Waals surface area contributed by atoms with Gasteiger partial charge in [-0.15, -0.1) is 0 Å². The molecule has 4 aliphatic carbocycles. The molecule has 0 radical (unpaired) electrons. The van der Waals surface area contributed by atoms with Gasteiger partial charge >= 0.3 is 0 Å². The van der Waals surface area contributed by atoms with Crippen LogP contribution in [0.1, 0.15) is 112 Å². The minimum Gasteiger partial charge on any atom is -0.348 e. The lowest BCUT2D eigenvalue weighted by molar-refractivity contribution is -0.180. The molecule has 6 N–H and O–H groups in total. The molecule has 0 bridgehead atoms. The van der Waals surface area contributed by atoms with Gasteiger partial charge in [0, 0.05) is 85.4 Å². The number of H-pyrrole nitrogens is 1. The molecule has 0 aliphatic heterocycles. The molecular formula is C34H61N3O6S9. The van der Waals surface area contributed by atoms with Crippen molar-refractivity contribution in [1.29, 1.82) is 0 Å². The highest BCUT2D eigenvalue weighted by Crippen LogP contribution is 2.69. The van der Waals surface area contributed by atoms with Crippen LogP contribution in [0, 0.1) is 57.7 Å². The van der Waals surface area contributed by atoms with Crippen LogP contribution >= 0.6 is 0 Å². The standard InChI is InChI=1S/C29H52O6S9.C5H9N3/c1-17(8-9-18(2)27(3,4)5)20-10-11-21-19-14-24(33-42(30,36)37)23-15-25(34-43(31,38)39)26(35-44(32,40)41)16-29(23,7)22(19)12-13-28(20,21)6;6-2-1-5-3-7-4-8-5/h17-26H,8-16H2,1-7H3,(H,30,36,37)(H,31,38,39)(H,32,40,41);3-4H,1-2,6H2,(H,7,8)/t17?,18?,19?,20-,21-,22-,23+,24-,25-,26-,28+,29+;/m0./s1. The van der Waals surface area contributed by atoms with E-state index >= 15 is 0 Å². The molecule has 4 saturated carbocycles. The smallest absolute Gasteiger partial charge is 0.135 e. The van der Waals surface area contributed by atoms with Crippen molar-refractivity contribution in [1.82, 2.24) is 9.97 Å². The lowest BCUT2D eigenvalue weighted by Crippen LogP contribution is -2.62. The van der Waals surface area contributed by atoms with E-state index in [2.05, 4.69) is 58.4 Å². The molecule has 18 heteroatoms. The van der Waals surface area contributed by atoms with Gasteiger partial charge in [-0.25, -0.2) is 4.98 Å². The van der Waals surface area contributed by atoms with Crippen LogP contribution in [0.4, 0.5) is 0 Å². The molecule has 4 aliphatic rings. The van der Waals surface area contributed by atoms with Gasteiger partial charge in [0.2, 0.25) is 0 Å². The van der Waals surface area contributed by atoms with E-state index in [1.54, 1.807) is 12.5 Å². The molecule has 12 atom stereocenters. The molecule has 0 aromatic carbocycles. The van der Waals surface area contributed by atoms with Crippen LogP contribution in [-0.4, -0.2) is 48.5 Å². The molecule has 9 nitrogen and oxygen atoms in total. The first kappa shape index (κ1) is 46.0. The van der Waals surface area contributed by atoms with Gasteiger partial charge in [-0.05, 0) is 116 Å². The Morgan fingerprint density at radius 3 is 1.96 bits per heavy atom. The van der Waals surface area contributed by atoms with Crippen molar-refractivity contribution in [3.05, 3.63) is 18.2 Å². The summed E-state index contributed by atoms with van der Waals surface area (Å²) in [6.45, 7) is 17.4. The van der Waals surface area contributed by atoms with E-state index in [1.165, 1.54) is 32.1 Å². The summed E-state index contributed by atoms with van der Waals surface area (Å²) in [4.78, 5) is 6.78. The van der Waals surface area contributed by atoms with E-state index in [4.69, 9.17) is 85.4 Å². The van der Waals surface area contributed by atoms with E-state index in [0.717, 1.165) is 25.0 Å². The average Bonchev–Trinajstić information content (AvgIpc) is 3.62. The number of nitrogens with zero attached hydrogens (tertiary/aromatic N) is 1. The third kappa shape index (κ3) is 11.7. The molecule has 1 aromatic heterocycles. The van der Waals surface area contributed by atoms with E-state index in [1.807, 2.05) is 0 Å². The quantitative estimate of drug-likeness (QED) is 0.142. The zero-order valence-corrected chi connectivity index (χ0v) is 38.8. The van der Waals surface area contributed by atoms with Crippen molar-refractivity contribution < 1.29 is 26.2 Å². The normalized spacial score (nSPS) is 36.4. The van der Waals surface area contributed by atoms with Crippen molar-refractivity contribution in [3.8, 4) is 0 Å². The fraction of sp³-hybridized carbons (Fsp3) is 0.912. The molecule has 1 aromatic rings. The predicted octanol–water partition coefficient (Wildman–Crippen LogP) is 7.43. The number of aromatic nitrogens is 2. The summed E-state index contributed by atoms with van der Waals surface area (Å²) in [7, 11) is -9.43. The van der Waals surface area contributed by atoms with Gasteiger partial charge in [-0.2, -0.15) is 0 Å². The monoisotopic (exact) mass is 895 g/mol. The Labute approximate surface area is 342 Å². The number of nitrogens with one attached hydrogen (secondary N) is 1. The van der Waals surface area contributed by atoms with E-state index < -0.39 is 35.3 Å². The Hall–Kier alpha value is 1.30. The number of hydrogen-bond donors (Lipinski definition) is 5. The van der Waals surface area contributed by atoms with Crippen LogP contribution in [0.15, 0.2) is 12.5 Å². The Bertz CT molecular complexity index is 1670. The zero-order chi connectivity index (χ0) is 39.1. The summed E-state index contributed by atoms with van der Waals surface area (Å²) in [6.07, 6.45) is 11.4. The van der Waals surface area contributed by atoms with Crippen molar-refractivity contribution >= 4 is 90.3 Å². The van der Waals surface area contributed by atoms with E-state index in [9.17, 15) is 13.7 Å². The number of aromatic amines is 1. The minimum atomic E-state index is -3.18. The van der Waals surface area contributed by atoms with Crippen LogP contribution in [0.2, 0.25) is 0 Å². The third-order valence-electron chi connectivity index (χ3n) is 13.6. The first-order valence-corrected chi connectivity index (χ1v) is 28.5. The summed E-state index contributed by atoms with van der Waals surface area (Å²) in [5.41, 5.74) is 6.61. The molecular weight excluding hydrogens is 835 g/mol. The predicted molar refractivity (Wildman–Crippen MR) is 233 cm³/mol. The summed E-state index contributed by atoms with van der Waals surface area (Å²) in [6, 6.07) is 0. The fourth-order valence-electron chi connectivity index (χ4n) is 10.7. The maximum atomic E-state index is 10.6. The van der Waals surface area contributed by atoms with E-state index in [0.29, 0.717) is 60.3 Å². The second kappa shape index (κ2) is 17.7. The molecule has 302 valence electrons. The van der Waals surface area contributed by atoms with Gasteiger partial charge in [0.05, 0.1) is 12.4 Å². The maximum Gasteiger partial charge on any atom is 0.135 e.